The average molecular weight is 377 g/mol. The minimum Gasteiger partial charge on any atom is -0.484 e. The number of carbonyl (C=O) groups excluding carboxylic acids is 1. The highest BCUT2D eigenvalue weighted by Crippen LogP contribution is 2.19. The van der Waals surface area contributed by atoms with Gasteiger partial charge in [0.25, 0.3) is 5.91 Å². The summed E-state index contributed by atoms with van der Waals surface area (Å²) in [5.41, 5.74) is 2.78. The molecule has 1 aliphatic rings. The molecule has 3 aromatic rings. The number of hydrogen-bond acceptors (Lipinski definition) is 5. The molecule has 0 aliphatic carbocycles. The topological polar surface area (TPSA) is 64.5 Å². The molecule has 1 saturated heterocycles. The van der Waals surface area contributed by atoms with Gasteiger partial charge in [-0.15, -0.1) is 0 Å². The van der Waals surface area contributed by atoms with Crippen molar-refractivity contribution in [2.75, 3.05) is 19.7 Å². The van der Waals surface area contributed by atoms with Crippen LogP contribution in [0, 0.1) is 6.92 Å². The number of likely N-dealkylation sites (tertiary alicyclic amines) is 1. The van der Waals surface area contributed by atoms with Gasteiger partial charge in [-0.2, -0.15) is 0 Å². The van der Waals surface area contributed by atoms with Gasteiger partial charge in [-0.1, -0.05) is 24.3 Å². The second-order valence-corrected chi connectivity index (χ2v) is 7.00. The van der Waals surface area contributed by atoms with Crippen molar-refractivity contribution in [2.45, 2.75) is 25.9 Å². The first kappa shape index (κ1) is 18.2. The van der Waals surface area contributed by atoms with Crippen molar-refractivity contribution in [1.82, 2.24) is 14.9 Å². The molecule has 0 unspecified atom stereocenters. The Kier molecular flexibility index (Phi) is 5.37. The van der Waals surface area contributed by atoms with Crippen LogP contribution in [-0.2, 0) is 4.79 Å². The van der Waals surface area contributed by atoms with Crippen molar-refractivity contribution in [3.8, 4) is 11.6 Å². The van der Waals surface area contributed by atoms with E-state index in [-0.39, 0.29) is 18.6 Å². The summed E-state index contributed by atoms with van der Waals surface area (Å²) < 4.78 is 11.6. The lowest BCUT2D eigenvalue weighted by molar-refractivity contribution is -0.135. The lowest BCUT2D eigenvalue weighted by Gasteiger charge is -2.31. The Morgan fingerprint density at radius 3 is 2.68 bits per heavy atom. The van der Waals surface area contributed by atoms with E-state index in [9.17, 15) is 4.79 Å². The lowest BCUT2D eigenvalue weighted by atomic mass is 10.1. The molecule has 4 rings (SSSR count). The number of aromatic nitrogens is 2. The number of amides is 1. The van der Waals surface area contributed by atoms with Gasteiger partial charge in [-0.05, 0) is 36.8 Å². The van der Waals surface area contributed by atoms with E-state index in [0.29, 0.717) is 19.0 Å². The molecule has 28 heavy (non-hydrogen) atoms. The highest BCUT2D eigenvalue weighted by Gasteiger charge is 2.24. The van der Waals surface area contributed by atoms with E-state index in [1.807, 2.05) is 60.4 Å². The zero-order chi connectivity index (χ0) is 19.3. The first-order valence-corrected chi connectivity index (χ1v) is 9.53. The van der Waals surface area contributed by atoms with Crippen LogP contribution < -0.4 is 9.47 Å². The van der Waals surface area contributed by atoms with Crippen molar-refractivity contribution >= 4 is 16.9 Å². The molecule has 2 aromatic carbocycles. The number of nitrogens with zero attached hydrogens (tertiary/aromatic N) is 3. The predicted octanol–water partition coefficient (Wildman–Crippen LogP) is 3.39. The average Bonchev–Trinajstić information content (AvgIpc) is 2.72. The van der Waals surface area contributed by atoms with Gasteiger partial charge in [0.05, 0.1) is 17.2 Å². The fourth-order valence-corrected chi connectivity index (χ4v) is 3.33. The quantitative estimate of drug-likeness (QED) is 0.682. The molecule has 1 aromatic heterocycles. The van der Waals surface area contributed by atoms with Crippen LogP contribution in [0.15, 0.2) is 54.7 Å². The summed E-state index contributed by atoms with van der Waals surface area (Å²) in [6.45, 7) is 3.37. The molecular formula is C22H23N3O3. The fourth-order valence-electron chi connectivity index (χ4n) is 3.33. The van der Waals surface area contributed by atoms with Gasteiger partial charge in [-0.3, -0.25) is 4.79 Å². The van der Waals surface area contributed by atoms with Crippen LogP contribution in [0.3, 0.4) is 0 Å². The Hall–Kier alpha value is -3.15. The number of hydrogen-bond donors (Lipinski definition) is 0. The van der Waals surface area contributed by atoms with Crippen molar-refractivity contribution < 1.29 is 14.3 Å². The highest BCUT2D eigenvalue weighted by atomic mass is 16.5. The van der Waals surface area contributed by atoms with Gasteiger partial charge in [0.1, 0.15) is 11.9 Å². The van der Waals surface area contributed by atoms with Gasteiger partial charge in [0.15, 0.2) is 6.61 Å². The number of fused-ring (bicyclic) bond motifs is 1. The number of aryl methyl sites for hydroxylation is 1. The molecule has 1 fully saturated rings. The lowest BCUT2D eigenvalue weighted by Crippen LogP contribution is -2.43. The van der Waals surface area contributed by atoms with Crippen molar-refractivity contribution in [3.63, 3.8) is 0 Å². The summed E-state index contributed by atoms with van der Waals surface area (Å²) in [5.74, 6) is 1.26. The Balaban J connectivity index is 1.27. The molecule has 6 heteroatoms. The van der Waals surface area contributed by atoms with Crippen molar-refractivity contribution in [1.29, 1.82) is 0 Å². The van der Waals surface area contributed by atoms with Gasteiger partial charge >= 0.3 is 0 Å². The molecule has 1 aliphatic heterocycles. The highest BCUT2D eigenvalue weighted by molar-refractivity contribution is 5.78. The number of piperidine rings is 1. The minimum atomic E-state index is 0.00505. The summed E-state index contributed by atoms with van der Waals surface area (Å²) in [7, 11) is 0. The molecule has 144 valence electrons. The van der Waals surface area contributed by atoms with Crippen molar-refractivity contribution in [2.24, 2.45) is 0 Å². The normalized spacial score (nSPS) is 14.8. The monoisotopic (exact) mass is 377 g/mol. The molecule has 0 radical (unpaired) electrons. The Bertz CT molecular complexity index is 968. The van der Waals surface area contributed by atoms with Crippen LogP contribution in [0.1, 0.15) is 18.4 Å². The molecule has 2 heterocycles. The molecule has 0 saturated carbocycles. The second kappa shape index (κ2) is 8.25. The maximum absolute atomic E-state index is 12.4. The van der Waals surface area contributed by atoms with Crippen molar-refractivity contribution in [3.05, 3.63) is 60.3 Å². The van der Waals surface area contributed by atoms with Crippen LogP contribution in [-0.4, -0.2) is 46.6 Å². The third-order valence-corrected chi connectivity index (χ3v) is 4.86. The molecular weight excluding hydrogens is 354 g/mol. The third kappa shape index (κ3) is 4.39. The van der Waals surface area contributed by atoms with Gasteiger partial charge in [0, 0.05) is 25.9 Å². The number of benzene rings is 2. The maximum Gasteiger partial charge on any atom is 0.260 e. The molecule has 0 atom stereocenters. The summed E-state index contributed by atoms with van der Waals surface area (Å²) in [6.07, 6.45) is 3.24. The SMILES string of the molecule is Cc1cccc(OCC(=O)N2CCC(Oc3cnc4ccccc4n3)CC2)c1. The largest absolute Gasteiger partial charge is 0.484 e. The molecule has 0 bridgehead atoms. The molecule has 6 nitrogen and oxygen atoms in total. The van der Waals surface area contributed by atoms with Gasteiger partial charge < -0.3 is 14.4 Å². The van der Waals surface area contributed by atoms with Crippen LogP contribution in [0.25, 0.3) is 11.0 Å². The summed E-state index contributed by atoms with van der Waals surface area (Å²) in [5, 5.41) is 0. The third-order valence-electron chi connectivity index (χ3n) is 4.86. The van der Waals surface area contributed by atoms with E-state index >= 15 is 0 Å². The Morgan fingerprint density at radius 1 is 1.11 bits per heavy atom. The van der Waals surface area contributed by atoms with Crippen LogP contribution in [0.2, 0.25) is 0 Å². The van der Waals surface area contributed by atoms with Crippen LogP contribution in [0.4, 0.5) is 0 Å². The van der Waals surface area contributed by atoms with Gasteiger partial charge in [-0.25, -0.2) is 9.97 Å². The molecule has 0 spiro atoms. The Morgan fingerprint density at radius 2 is 1.89 bits per heavy atom. The zero-order valence-corrected chi connectivity index (χ0v) is 15.9. The zero-order valence-electron chi connectivity index (χ0n) is 15.9. The fraction of sp³-hybridized carbons (Fsp3) is 0.318. The summed E-state index contributed by atoms with van der Waals surface area (Å²) in [6, 6.07) is 15.4. The van der Waals surface area contributed by atoms with E-state index in [0.717, 1.165) is 35.2 Å². The summed E-state index contributed by atoms with van der Waals surface area (Å²) in [4.78, 5) is 23.1. The predicted molar refractivity (Wildman–Crippen MR) is 106 cm³/mol. The van der Waals surface area contributed by atoms with E-state index in [2.05, 4.69) is 9.97 Å². The van der Waals surface area contributed by atoms with E-state index < -0.39 is 0 Å². The smallest absolute Gasteiger partial charge is 0.260 e. The van der Waals surface area contributed by atoms with Crippen LogP contribution in [0.5, 0.6) is 11.6 Å². The molecule has 0 N–H and O–H groups in total. The number of rotatable bonds is 5. The number of ether oxygens (including phenoxy) is 2. The van der Waals surface area contributed by atoms with E-state index in [4.69, 9.17) is 9.47 Å². The van der Waals surface area contributed by atoms with E-state index in [1.54, 1.807) is 6.20 Å². The Labute approximate surface area is 164 Å². The van der Waals surface area contributed by atoms with E-state index in [1.165, 1.54) is 0 Å². The minimum absolute atomic E-state index is 0.00505. The number of para-hydroxylation sites is 2. The van der Waals surface area contributed by atoms with Crippen LogP contribution >= 0.6 is 0 Å². The summed E-state index contributed by atoms with van der Waals surface area (Å²) >= 11 is 0. The first-order chi connectivity index (χ1) is 13.7. The maximum atomic E-state index is 12.4. The molecule has 1 amide bonds. The standard InChI is InChI=1S/C22H23N3O3/c1-16-5-4-6-18(13-16)27-15-22(26)25-11-9-17(10-12-25)28-21-14-23-19-7-2-3-8-20(19)24-21/h2-8,13-14,17H,9-12,15H2,1H3. The first-order valence-electron chi connectivity index (χ1n) is 9.53. The number of carbonyl (C=O) groups is 1. The second-order valence-electron chi connectivity index (χ2n) is 7.00. The van der Waals surface area contributed by atoms with Gasteiger partial charge in [0.2, 0.25) is 5.88 Å².